The highest BCUT2D eigenvalue weighted by molar-refractivity contribution is 6.01. The van der Waals surface area contributed by atoms with Crippen molar-refractivity contribution >= 4 is 23.0 Å². The van der Waals surface area contributed by atoms with Crippen molar-refractivity contribution in [3.63, 3.8) is 0 Å². The molecule has 4 heteroatoms. The molecule has 0 aliphatic heterocycles. The summed E-state index contributed by atoms with van der Waals surface area (Å²) in [4.78, 5) is 13.3. The number of benzene rings is 2. The Bertz CT molecular complexity index is 620. The minimum atomic E-state index is -0.515. The predicted molar refractivity (Wildman–Crippen MR) is 83.3 cm³/mol. The molecule has 0 saturated carbocycles. The fourth-order valence-corrected chi connectivity index (χ4v) is 2.15. The minimum Gasteiger partial charge on any atom is -0.396 e. The number of aryl methyl sites for hydroxylation is 1. The molecule has 0 saturated heterocycles. The van der Waals surface area contributed by atoms with E-state index in [1.807, 2.05) is 30.1 Å². The van der Waals surface area contributed by atoms with Gasteiger partial charge in [0.05, 0.1) is 16.9 Å². The Kier molecular flexibility index (Phi) is 3.94. The van der Waals surface area contributed by atoms with Crippen LogP contribution in [0.3, 0.4) is 0 Å². The van der Waals surface area contributed by atoms with Crippen molar-refractivity contribution in [2.45, 2.75) is 13.3 Å². The topological polar surface area (TPSA) is 72.3 Å². The summed E-state index contributed by atoms with van der Waals surface area (Å²) >= 11 is 0. The number of anilines is 3. The van der Waals surface area contributed by atoms with Crippen LogP contribution in [0.5, 0.6) is 0 Å². The lowest BCUT2D eigenvalue weighted by Crippen LogP contribution is -2.17. The fourth-order valence-electron chi connectivity index (χ4n) is 2.15. The summed E-state index contributed by atoms with van der Waals surface area (Å²) in [6, 6.07) is 13.5. The Morgan fingerprint density at radius 1 is 1.15 bits per heavy atom. The second-order valence-electron chi connectivity index (χ2n) is 4.68. The quantitative estimate of drug-likeness (QED) is 0.838. The first-order valence-electron chi connectivity index (χ1n) is 6.55. The zero-order valence-electron chi connectivity index (χ0n) is 11.8. The maximum absolute atomic E-state index is 11.3. The van der Waals surface area contributed by atoms with Crippen LogP contribution in [0.4, 0.5) is 17.1 Å². The molecule has 20 heavy (non-hydrogen) atoms. The van der Waals surface area contributed by atoms with Crippen molar-refractivity contribution in [3.8, 4) is 0 Å². The van der Waals surface area contributed by atoms with Crippen molar-refractivity contribution in [2.75, 3.05) is 17.7 Å². The van der Waals surface area contributed by atoms with E-state index >= 15 is 0 Å². The summed E-state index contributed by atoms with van der Waals surface area (Å²) in [5, 5.41) is 0. The number of nitrogen functional groups attached to an aromatic ring is 1. The third kappa shape index (κ3) is 2.59. The molecular weight excluding hydrogens is 250 g/mol. The van der Waals surface area contributed by atoms with Gasteiger partial charge in [-0.15, -0.1) is 0 Å². The summed E-state index contributed by atoms with van der Waals surface area (Å²) in [6.45, 7) is 2.12. The smallest absolute Gasteiger partial charge is 0.250 e. The van der Waals surface area contributed by atoms with Crippen LogP contribution in [0.1, 0.15) is 22.8 Å². The monoisotopic (exact) mass is 269 g/mol. The van der Waals surface area contributed by atoms with Gasteiger partial charge >= 0.3 is 0 Å². The molecule has 2 aromatic rings. The molecule has 0 aliphatic rings. The molecule has 2 aromatic carbocycles. The van der Waals surface area contributed by atoms with E-state index in [0.29, 0.717) is 11.3 Å². The molecule has 0 bridgehead atoms. The first kappa shape index (κ1) is 13.9. The van der Waals surface area contributed by atoms with Gasteiger partial charge in [0.2, 0.25) is 0 Å². The SMILES string of the molecule is CCc1ccc(N(C)c2cccc(C(N)=O)c2N)cc1. The highest BCUT2D eigenvalue weighted by Crippen LogP contribution is 2.31. The van der Waals surface area contributed by atoms with Gasteiger partial charge < -0.3 is 16.4 Å². The minimum absolute atomic E-state index is 0.347. The third-order valence-electron chi connectivity index (χ3n) is 3.44. The van der Waals surface area contributed by atoms with Crippen LogP contribution in [-0.2, 0) is 6.42 Å². The van der Waals surface area contributed by atoms with Gasteiger partial charge in [0.25, 0.3) is 5.91 Å². The van der Waals surface area contributed by atoms with Crippen LogP contribution in [0, 0.1) is 0 Å². The van der Waals surface area contributed by atoms with E-state index in [4.69, 9.17) is 11.5 Å². The third-order valence-corrected chi connectivity index (χ3v) is 3.44. The molecule has 4 nitrogen and oxygen atoms in total. The molecule has 0 spiro atoms. The number of rotatable bonds is 4. The number of nitrogens with two attached hydrogens (primary N) is 2. The summed E-state index contributed by atoms with van der Waals surface area (Å²) < 4.78 is 0. The average molecular weight is 269 g/mol. The Labute approximate surface area is 119 Å². The fraction of sp³-hybridized carbons (Fsp3) is 0.188. The number of primary amides is 1. The number of para-hydroxylation sites is 1. The Hall–Kier alpha value is -2.49. The molecule has 2 rings (SSSR count). The van der Waals surface area contributed by atoms with Crippen LogP contribution in [0.15, 0.2) is 42.5 Å². The van der Waals surface area contributed by atoms with E-state index in [0.717, 1.165) is 17.8 Å². The Morgan fingerprint density at radius 2 is 1.80 bits per heavy atom. The summed E-state index contributed by atoms with van der Waals surface area (Å²) in [5.41, 5.74) is 15.2. The highest BCUT2D eigenvalue weighted by Gasteiger charge is 2.13. The summed E-state index contributed by atoms with van der Waals surface area (Å²) in [7, 11) is 1.91. The van der Waals surface area contributed by atoms with E-state index in [9.17, 15) is 4.79 Å². The van der Waals surface area contributed by atoms with E-state index in [-0.39, 0.29) is 0 Å². The highest BCUT2D eigenvalue weighted by atomic mass is 16.1. The summed E-state index contributed by atoms with van der Waals surface area (Å²) in [6.07, 6.45) is 1.00. The first-order valence-corrected chi connectivity index (χ1v) is 6.55. The molecule has 0 heterocycles. The molecule has 0 radical (unpaired) electrons. The van der Waals surface area contributed by atoms with E-state index < -0.39 is 5.91 Å². The van der Waals surface area contributed by atoms with Crippen molar-refractivity contribution in [1.82, 2.24) is 0 Å². The summed E-state index contributed by atoms with van der Waals surface area (Å²) in [5.74, 6) is -0.515. The molecular formula is C16H19N3O. The Balaban J connectivity index is 2.39. The van der Waals surface area contributed by atoms with Gasteiger partial charge in [-0.1, -0.05) is 25.1 Å². The van der Waals surface area contributed by atoms with E-state index in [1.54, 1.807) is 12.1 Å². The van der Waals surface area contributed by atoms with Gasteiger partial charge in [-0.25, -0.2) is 0 Å². The number of nitrogens with zero attached hydrogens (tertiary/aromatic N) is 1. The molecule has 0 aliphatic carbocycles. The second-order valence-corrected chi connectivity index (χ2v) is 4.68. The van der Waals surface area contributed by atoms with Gasteiger partial charge in [0.15, 0.2) is 0 Å². The lowest BCUT2D eigenvalue weighted by Gasteiger charge is -2.22. The van der Waals surface area contributed by atoms with Crippen molar-refractivity contribution in [2.24, 2.45) is 5.73 Å². The van der Waals surface area contributed by atoms with Crippen LogP contribution in [-0.4, -0.2) is 13.0 Å². The number of hydrogen-bond donors (Lipinski definition) is 2. The maximum Gasteiger partial charge on any atom is 0.250 e. The lowest BCUT2D eigenvalue weighted by molar-refractivity contribution is 0.100. The van der Waals surface area contributed by atoms with Crippen molar-refractivity contribution in [1.29, 1.82) is 0 Å². The zero-order valence-corrected chi connectivity index (χ0v) is 11.8. The van der Waals surface area contributed by atoms with Crippen LogP contribution < -0.4 is 16.4 Å². The van der Waals surface area contributed by atoms with Crippen LogP contribution in [0.25, 0.3) is 0 Å². The second kappa shape index (κ2) is 5.65. The number of carbonyl (C=O) groups is 1. The first-order chi connectivity index (χ1) is 9.54. The standard InChI is InChI=1S/C16H19N3O/c1-3-11-7-9-12(10-8-11)19(2)14-6-4-5-13(15(14)17)16(18)20/h4-10H,3,17H2,1-2H3,(H2,18,20). The number of carbonyl (C=O) groups excluding carboxylic acids is 1. The number of hydrogen-bond acceptors (Lipinski definition) is 3. The molecule has 0 fully saturated rings. The number of amides is 1. The zero-order chi connectivity index (χ0) is 14.7. The molecule has 0 atom stereocenters. The molecule has 0 unspecified atom stereocenters. The van der Waals surface area contributed by atoms with E-state index in [1.165, 1.54) is 5.56 Å². The van der Waals surface area contributed by atoms with Crippen LogP contribution >= 0.6 is 0 Å². The lowest BCUT2D eigenvalue weighted by atomic mass is 10.1. The largest absolute Gasteiger partial charge is 0.396 e. The molecule has 104 valence electrons. The maximum atomic E-state index is 11.3. The Morgan fingerprint density at radius 3 is 2.35 bits per heavy atom. The van der Waals surface area contributed by atoms with Gasteiger partial charge in [-0.2, -0.15) is 0 Å². The average Bonchev–Trinajstić information content (AvgIpc) is 2.46. The van der Waals surface area contributed by atoms with Gasteiger partial charge in [-0.05, 0) is 36.2 Å². The van der Waals surface area contributed by atoms with Crippen molar-refractivity contribution in [3.05, 3.63) is 53.6 Å². The van der Waals surface area contributed by atoms with Gasteiger partial charge in [0, 0.05) is 12.7 Å². The normalized spacial score (nSPS) is 10.3. The van der Waals surface area contributed by atoms with Crippen molar-refractivity contribution < 1.29 is 4.79 Å². The molecule has 4 N–H and O–H groups in total. The van der Waals surface area contributed by atoms with E-state index in [2.05, 4.69) is 19.1 Å². The molecule has 1 amide bonds. The van der Waals surface area contributed by atoms with Crippen LogP contribution in [0.2, 0.25) is 0 Å². The predicted octanol–water partition coefficient (Wildman–Crippen LogP) is 2.70. The molecule has 0 aromatic heterocycles. The van der Waals surface area contributed by atoms with Gasteiger partial charge in [0.1, 0.15) is 0 Å². The van der Waals surface area contributed by atoms with Gasteiger partial charge in [-0.3, -0.25) is 4.79 Å².